The van der Waals surface area contributed by atoms with Crippen LogP contribution in [0.5, 0.6) is 5.75 Å². The van der Waals surface area contributed by atoms with Gasteiger partial charge in [-0.15, -0.1) is 0 Å². The molecule has 2 heterocycles. The average molecular weight is 509 g/mol. The summed E-state index contributed by atoms with van der Waals surface area (Å²) < 4.78 is 32.5. The Kier molecular flexibility index (Phi) is 6.43. The Bertz CT molecular complexity index is 1330. The highest BCUT2D eigenvalue weighted by atomic mass is 32.2. The van der Waals surface area contributed by atoms with Crippen molar-refractivity contribution in [2.45, 2.75) is 63.1 Å². The van der Waals surface area contributed by atoms with Gasteiger partial charge in [0.2, 0.25) is 15.9 Å². The zero-order valence-corrected chi connectivity index (χ0v) is 21.5. The fourth-order valence-corrected chi connectivity index (χ4v) is 6.60. The van der Waals surface area contributed by atoms with E-state index in [9.17, 15) is 18.5 Å². The van der Waals surface area contributed by atoms with E-state index in [4.69, 9.17) is 4.74 Å². The average Bonchev–Trinajstić information content (AvgIpc) is 2.83. The largest absolute Gasteiger partial charge is 0.487 e. The maximum Gasteiger partial charge on any atom is 0.229 e. The maximum atomic E-state index is 12.0. The Morgan fingerprint density at radius 3 is 2.64 bits per heavy atom. The third-order valence-corrected chi connectivity index (χ3v) is 8.34. The predicted octanol–water partition coefficient (Wildman–Crippen LogP) is 3.28. The van der Waals surface area contributed by atoms with E-state index in [0.717, 1.165) is 62.6 Å². The first kappa shape index (κ1) is 24.6. The van der Waals surface area contributed by atoms with Gasteiger partial charge in [-0.2, -0.15) is 5.26 Å². The molecule has 2 N–H and O–H groups in total. The summed E-state index contributed by atoms with van der Waals surface area (Å²) in [6.07, 6.45) is 6.58. The van der Waals surface area contributed by atoms with Gasteiger partial charge >= 0.3 is 0 Å². The number of carbonyl (C=O) groups excluding carboxylic acids is 1. The van der Waals surface area contributed by atoms with Gasteiger partial charge in [-0.1, -0.05) is 6.07 Å². The molecule has 190 valence electrons. The van der Waals surface area contributed by atoms with Gasteiger partial charge in [-0.3, -0.25) is 14.4 Å². The van der Waals surface area contributed by atoms with Crippen LogP contribution in [0.3, 0.4) is 0 Å². The van der Waals surface area contributed by atoms with Crippen molar-refractivity contribution < 1.29 is 17.9 Å². The van der Waals surface area contributed by atoms with E-state index in [0.29, 0.717) is 23.9 Å². The summed E-state index contributed by atoms with van der Waals surface area (Å²) in [5, 5.41) is 12.2. The van der Waals surface area contributed by atoms with E-state index in [2.05, 4.69) is 27.1 Å². The van der Waals surface area contributed by atoms with Crippen molar-refractivity contribution in [3.05, 3.63) is 58.7 Å². The molecule has 9 heteroatoms. The lowest BCUT2D eigenvalue weighted by molar-refractivity contribution is -0.120. The zero-order chi connectivity index (χ0) is 25.5. The molecule has 1 fully saturated rings. The van der Waals surface area contributed by atoms with Crippen molar-refractivity contribution in [1.82, 2.24) is 10.2 Å². The molecule has 2 atom stereocenters. The Morgan fingerprint density at radius 1 is 1.17 bits per heavy atom. The van der Waals surface area contributed by atoms with Gasteiger partial charge in [0.1, 0.15) is 11.4 Å². The number of likely N-dealkylation sites (tertiary alicyclic amines) is 1. The molecule has 3 aliphatic rings. The summed E-state index contributed by atoms with van der Waals surface area (Å²) in [5.74, 6) is 0.578. The number of carbonyl (C=O) groups is 1. The first-order valence-electron chi connectivity index (χ1n) is 12.5. The van der Waals surface area contributed by atoms with Crippen LogP contribution in [0.4, 0.5) is 5.69 Å². The Labute approximate surface area is 212 Å². The normalized spacial score (nSPS) is 23.0. The van der Waals surface area contributed by atoms with Crippen LogP contribution in [0.1, 0.15) is 60.9 Å². The summed E-state index contributed by atoms with van der Waals surface area (Å²) >= 11 is 0. The topological polar surface area (TPSA) is 112 Å². The fraction of sp³-hybridized carbons (Fsp3) is 0.481. The molecular weight excluding hydrogens is 476 g/mol. The number of piperidine rings is 1. The number of benzene rings is 2. The van der Waals surface area contributed by atoms with Crippen molar-refractivity contribution >= 4 is 21.6 Å². The standard InChI is InChI=1S/C27H32N4O4S/c1-18(32)29-25-16-27(35-26-8-6-22(15-24(25)26)30-36(2,33)34)9-11-31(12-10-27)23-7-5-20-13-19(17-28)3-4-21(20)14-23/h3-4,6,8,13,15,23,25,30H,5,7,9-12,14,16H2,1-2H3,(H,29,32)/t23-,25?/m0/s1. The number of sulfonamides is 1. The quantitative estimate of drug-likeness (QED) is 0.656. The summed E-state index contributed by atoms with van der Waals surface area (Å²) in [7, 11) is -3.41. The van der Waals surface area contributed by atoms with Crippen LogP contribution in [0, 0.1) is 11.3 Å². The van der Waals surface area contributed by atoms with Gasteiger partial charge in [0.05, 0.1) is 23.9 Å². The summed E-state index contributed by atoms with van der Waals surface area (Å²) in [5.41, 5.74) is 4.27. The van der Waals surface area contributed by atoms with Crippen LogP contribution in [-0.2, 0) is 27.7 Å². The van der Waals surface area contributed by atoms with Crippen molar-refractivity contribution in [2.75, 3.05) is 24.1 Å². The number of anilines is 1. The summed E-state index contributed by atoms with van der Waals surface area (Å²) in [4.78, 5) is 14.6. The molecule has 0 saturated carbocycles. The highest BCUT2D eigenvalue weighted by molar-refractivity contribution is 7.92. The zero-order valence-electron chi connectivity index (χ0n) is 20.7. The van der Waals surface area contributed by atoms with Gasteiger partial charge in [-0.05, 0) is 73.6 Å². The van der Waals surface area contributed by atoms with Gasteiger partial charge in [-0.25, -0.2) is 8.42 Å². The molecule has 36 heavy (non-hydrogen) atoms. The third kappa shape index (κ3) is 5.20. The Morgan fingerprint density at radius 2 is 1.94 bits per heavy atom. The second-order valence-electron chi connectivity index (χ2n) is 10.4. The van der Waals surface area contributed by atoms with Crippen molar-refractivity contribution in [3.8, 4) is 11.8 Å². The highest BCUT2D eigenvalue weighted by Crippen LogP contribution is 2.45. The number of nitriles is 1. The summed E-state index contributed by atoms with van der Waals surface area (Å²) in [6, 6.07) is 13.8. The van der Waals surface area contributed by atoms with Crippen LogP contribution in [0.25, 0.3) is 0 Å². The van der Waals surface area contributed by atoms with E-state index in [1.54, 1.807) is 18.2 Å². The molecule has 1 saturated heterocycles. The number of amides is 1. The molecule has 0 aromatic heterocycles. The van der Waals surface area contributed by atoms with E-state index < -0.39 is 10.0 Å². The van der Waals surface area contributed by atoms with E-state index in [1.807, 2.05) is 12.1 Å². The number of ether oxygens (including phenoxy) is 1. The Hall–Kier alpha value is -3.09. The molecule has 5 rings (SSSR count). The second kappa shape index (κ2) is 9.41. The molecule has 1 amide bonds. The molecule has 2 aromatic carbocycles. The monoisotopic (exact) mass is 508 g/mol. The molecule has 2 aliphatic heterocycles. The van der Waals surface area contributed by atoms with Crippen molar-refractivity contribution in [2.24, 2.45) is 0 Å². The number of aryl methyl sites for hydroxylation is 1. The van der Waals surface area contributed by atoms with E-state index in [1.165, 1.54) is 18.1 Å². The highest BCUT2D eigenvalue weighted by Gasteiger charge is 2.44. The Balaban J connectivity index is 1.30. The van der Waals surface area contributed by atoms with Crippen molar-refractivity contribution in [1.29, 1.82) is 5.26 Å². The number of nitrogens with one attached hydrogen (secondary N) is 2. The minimum Gasteiger partial charge on any atom is -0.487 e. The summed E-state index contributed by atoms with van der Waals surface area (Å²) in [6.45, 7) is 3.35. The number of nitrogens with zero attached hydrogens (tertiary/aromatic N) is 2. The van der Waals surface area contributed by atoms with Crippen LogP contribution in [-0.4, -0.2) is 50.2 Å². The minimum atomic E-state index is -3.41. The van der Waals surface area contributed by atoms with Crippen LogP contribution < -0.4 is 14.8 Å². The first-order chi connectivity index (χ1) is 17.1. The molecule has 8 nitrogen and oxygen atoms in total. The third-order valence-electron chi connectivity index (χ3n) is 7.73. The number of hydrogen-bond donors (Lipinski definition) is 2. The first-order valence-corrected chi connectivity index (χ1v) is 14.4. The lowest BCUT2D eigenvalue weighted by atomic mass is 9.79. The molecular formula is C27H32N4O4S. The van der Waals surface area contributed by atoms with Gasteiger partial charge in [0, 0.05) is 43.7 Å². The van der Waals surface area contributed by atoms with Gasteiger partial charge in [0.25, 0.3) is 0 Å². The van der Waals surface area contributed by atoms with Crippen LogP contribution in [0.15, 0.2) is 36.4 Å². The molecule has 0 radical (unpaired) electrons. The van der Waals surface area contributed by atoms with Gasteiger partial charge < -0.3 is 10.1 Å². The molecule has 0 bridgehead atoms. The predicted molar refractivity (Wildman–Crippen MR) is 137 cm³/mol. The SMILES string of the molecule is CC(=O)NC1CC2(CCN([C@H]3CCc4cc(C#N)ccc4C3)CC2)Oc2ccc(NS(C)(=O)=O)cc21. The molecule has 1 aliphatic carbocycles. The second-order valence-corrected chi connectivity index (χ2v) is 12.1. The fourth-order valence-electron chi connectivity index (χ4n) is 6.04. The number of fused-ring (bicyclic) bond motifs is 2. The smallest absolute Gasteiger partial charge is 0.229 e. The lowest BCUT2D eigenvalue weighted by Gasteiger charge is -2.49. The number of hydrogen-bond acceptors (Lipinski definition) is 6. The molecule has 1 spiro atoms. The number of rotatable bonds is 4. The maximum absolute atomic E-state index is 12.0. The van der Waals surface area contributed by atoms with Crippen LogP contribution in [0.2, 0.25) is 0 Å². The van der Waals surface area contributed by atoms with Crippen LogP contribution >= 0.6 is 0 Å². The van der Waals surface area contributed by atoms with Crippen molar-refractivity contribution in [3.63, 3.8) is 0 Å². The minimum absolute atomic E-state index is 0.123. The molecule has 2 aromatic rings. The van der Waals surface area contributed by atoms with E-state index in [-0.39, 0.29) is 17.6 Å². The molecule has 1 unspecified atom stereocenters. The van der Waals surface area contributed by atoms with Gasteiger partial charge in [0.15, 0.2) is 0 Å². The van der Waals surface area contributed by atoms with E-state index >= 15 is 0 Å². The lowest BCUT2D eigenvalue weighted by Crippen LogP contribution is -2.54.